The highest BCUT2D eigenvalue weighted by Crippen LogP contribution is 2.49. The fourth-order valence-corrected chi connectivity index (χ4v) is 6.76. The van der Waals surface area contributed by atoms with E-state index in [2.05, 4.69) is 17.6 Å². The lowest BCUT2D eigenvalue weighted by Crippen LogP contribution is -2.42. The van der Waals surface area contributed by atoms with Crippen LogP contribution in [0.25, 0.3) is 11.1 Å². The van der Waals surface area contributed by atoms with Gasteiger partial charge in [0.05, 0.1) is 6.61 Å². The van der Waals surface area contributed by atoms with E-state index in [-0.39, 0.29) is 5.97 Å². The molecule has 1 aromatic heterocycles. The number of thiocarbonyl (C=S) groups is 1. The van der Waals surface area contributed by atoms with Gasteiger partial charge in [0.1, 0.15) is 10.6 Å². The van der Waals surface area contributed by atoms with E-state index in [1.54, 1.807) is 11.3 Å². The van der Waals surface area contributed by atoms with E-state index in [0.717, 1.165) is 32.8 Å². The molecule has 2 aliphatic rings. The zero-order valence-corrected chi connectivity index (χ0v) is 19.5. The largest absolute Gasteiger partial charge is 0.462 e. The van der Waals surface area contributed by atoms with Crippen LogP contribution in [0.2, 0.25) is 0 Å². The molecule has 6 heteroatoms. The minimum atomic E-state index is -0.313. The number of nitrogens with one attached hydrogen (secondary N) is 2. The molecule has 30 heavy (non-hydrogen) atoms. The molecule has 4 atom stereocenters. The van der Waals surface area contributed by atoms with E-state index in [1.807, 2.05) is 44.2 Å². The van der Waals surface area contributed by atoms with Crippen molar-refractivity contribution in [1.29, 1.82) is 0 Å². The SMILES string of the molecule is CCOC(=O)c1c(NC(=S)NC(C)C2CC3CCC2C3)sc(C)c1-c1ccccc1. The Kier molecular flexibility index (Phi) is 6.44. The molecule has 2 bridgehead atoms. The van der Waals surface area contributed by atoms with Crippen LogP contribution in [0, 0.1) is 24.7 Å². The van der Waals surface area contributed by atoms with Gasteiger partial charge in [-0.15, -0.1) is 11.3 Å². The summed E-state index contributed by atoms with van der Waals surface area (Å²) in [6, 6.07) is 10.3. The molecule has 2 aliphatic carbocycles. The van der Waals surface area contributed by atoms with Gasteiger partial charge in [-0.3, -0.25) is 0 Å². The van der Waals surface area contributed by atoms with Crippen LogP contribution in [0.1, 0.15) is 54.8 Å². The van der Waals surface area contributed by atoms with Crippen molar-refractivity contribution < 1.29 is 9.53 Å². The fraction of sp³-hybridized carbons (Fsp3) is 0.500. The summed E-state index contributed by atoms with van der Waals surface area (Å²) in [5.41, 5.74) is 2.50. The second-order valence-electron chi connectivity index (χ2n) is 8.55. The van der Waals surface area contributed by atoms with Crippen LogP contribution < -0.4 is 10.6 Å². The van der Waals surface area contributed by atoms with E-state index in [0.29, 0.717) is 29.2 Å². The van der Waals surface area contributed by atoms with E-state index in [9.17, 15) is 4.79 Å². The summed E-state index contributed by atoms with van der Waals surface area (Å²) in [6.45, 7) is 6.44. The summed E-state index contributed by atoms with van der Waals surface area (Å²) in [5, 5.41) is 8.15. The quantitative estimate of drug-likeness (QED) is 0.424. The summed E-state index contributed by atoms with van der Waals surface area (Å²) in [6.07, 6.45) is 5.45. The summed E-state index contributed by atoms with van der Waals surface area (Å²) in [7, 11) is 0. The number of aryl methyl sites for hydroxylation is 1. The molecule has 0 amide bonds. The maximum absolute atomic E-state index is 12.9. The van der Waals surface area contributed by atoms with E-state index < -0.39 is 0 Å². The molecule has 2 saturated carbocycles. The zero-order chi connectivity index (χ0) is 21.3. The first-order valence-electron chi connectivity index (χ1n) is 10.9. The Morgan fingerprint density at radius 1 is 1.27 bits per heavy atom. The smallest absolute Gasteiger partial charge is 0.341 e. The van der Waals surface area contributed by atoms with Crippen molar-refractivity contribution in [2.45, 2.75) is 52.5 Å². The first kappa shape index (κ1) is 21.3. The van der Waals surface area contributed by atoms with Crippen LogP contribution in [0.15, 0.2) is 30.3 Å². The minimum Gasteiger partial charge on any atom is -0.462 e. The van der Waals surface area contributed by atoms with Crippen LogP contribution in [0.5, 0.6) is 0 Å². The Balaban J connectivity index is 1.54. The molecule has 160 valence electrons. The molecule has 4 nitrogen and oxygen atoms in total. The van der Waals surface area contributed by atoms with Gasteiger partial charge in [-0.2, -0.15) is 0 Å². The molecule has 0 spiro atoms. The van der Waals surface area contributed by atoms with E-state index >= 15 is 0 Å². The number of rotatable bonds is 6. The number of carbonyl (C=O) groups excluding carboxylic acids is 1. The molecule has 0 saturated heterocycles. The summed E-state index contributed by atoms with van der Waals surface area (Å²) in [5.74, 6) is 2.13. The number of thiophene rings is 1. The van der Waals surface area contributed by atoms with Gasteiger partial charge in [-0.25, -0.2) is 4.79 Å². The number of fused-ring (bicyclic) bond motifs is 2. The van der Waals surface area contributed by atoms with Gasteiger partial charge in [0, 0.05) is 16.5 Å². The Hall–Kier alpha value is -1.92. The summed E-state index contributed by atoms with van der Waals surface area (Å²) < 4.78 is 5.39. The van der Waals surface area contributed by atoms with Crippen LogP contribution >= 0.6 is 23.6 Å². The molecule has 0 radical (unpaired) electrons. The summed E-state index contributed by atoms with van der Waals surface area (Å²) >= 11 is 7.20. The molecular formula is C24H30N2O2S2. The molecule has 4 unspecified atom stereocenters. The monoisotopic (exact) mass is 442 g/mol. The molecule has 2 aromatic rings. The van der Waals surface area contributed by atoms with Crippen molar-refractivity contribution in [3.63, 3.8) is 0 Å². The van der Waals surface area contributed by atoms with Gasteiger partial charge in [-0.05, 0) is 75.6 Å². The molecule has 2 N–H and O–H groups in total. The van der Waals surface area contributed by atoms with Gasteiger partial charge in [0.15, 0.2) is 5.11 Å². The van der Waals surface area contributed by atoms with Crippen molar-refractivity contribution in [2.75, 3.05) is 11.9 Å². The lowest BCUT2D eigenvalue weighted by molar-refractivity contribution is 0.0529. The maximum atomic E-state index is 12.9. The predicted molar refractivity (Wildman–Crippen MR) is 128 cm³/mol. The van der Waals surface area contributed by atoms with Crippen molar-refractivity contribution in [3.05, 3.63) is 40.8 Å². The Morgan fingerprint density at radius 3 is 2.67 bits per heavy atom. The highest BCUT2D eigenvalue weighted by Gasteiger charge is 2.42. The fourth-order valence-electron chi connectivity index (χ4n) is 5.34. The Morgan fingerprint density at radius 2 is 2.03 bits per heavy atom. The van der Waals surface area contributed by atoms with Gasteiger partial charge < -0.3 is 15.4 Å². The normalized spacial score (nSPS) is 23.2. The highest BCUT2D eigenvalue weighted by atomic mass is 32.1. The second kappa shape index (κ2) is 9.06. The maximum Gasteiger partial charge on any atom is 0.341 e. The van der Waals surface area contributed by atoms with Crippen LogP contribution in [-0.4, -0.2) is 23.7 Å². The van der Waals surface area contributed by atoms with Gasteiger partial charge in [0.2, 0.25) is 0 Å². The number of hydrogen-bond acceptors (Lipinski definition) is 4. The Labute approximate surface area is 188 Å². The number of esters is 1. The number of benzene rings is 1. The number of carbonyl (C=O) groups is 1. The third-order valence-electron chi connectivity index (χ3n) is 6.65. The van der Waals surface area contributed by atoms with Gasteiger partial charge >= 0.3 is 5.97 Å². The number of anilines is 1. The molecule has 4 rings (SSSR count). The third kappa shape index (κ3) is 4.26. The molecule has 1 aromatic carbocycles. The highest BCUT2D eigenvalue weighted by molar-refractivity contribution is 7.80. The number of ether oxygens (including phenoxy) is 1. The summed E-state index contributed by atoms with van der Waals surface area (Å²) in [4.78, 5) is 13.9. The third-order valence-corrected chi connectivity index (χ3v) is 7.89. The minimum absolute atomic E-state index is 0.313. The Bertz CT molecular complexity index is 925. The van der Waals surface area contributed by atoms with Gasteiger partial charge in [0.25, 0.3) is 0 Å². The van der Waals surface area contributed by atoms with Crippen LogP contribution in [0.3, 0.4) is 0 Å². The molecule has 0 aliphatic heterocycles. The molecule has 1 heterocycles. The standard InChI is InChI=1S/C24H30N2O2S2/c1-4-28-23(27)21-20(17-8-6-5-7-9-17)15(3)30-22(21)26-24(29)25-14(2)19-13-16-10-11-18(19)12-16/h5-9,14,16,18-19H,4,10-13H2,1-3H3,(H2,25,26,29). The predicted octanol–water partition coefficient (Wildman–Crippen LogP) is 6.01. The molecule has 2 fully saturated rings. The first-order chi connectivity index (χ1) is 14.5. The molecular weight excluding hydrogens is 412 g/mol. The first-order valence-corrected chi connectivity index (χ1v) is 12.1. The van der Waals surface area contributed by atoms with Crippen molar-refractivity contribution in [2.24, 2.45) is 17.8 Å². The van der Waals surface area contributed by atoms with Crippen LogP contribution in [0.4, 0.5) is 5.00 Å². The van der Waals surface area contributed by atoms with Crippen LogP contribution in [-0.2, 0) is 4.74 Å². The topological polar surface area (TPSA) is 50.4 Å². The van der Waals surface area contributed by atoms with Crippen molar-refractivity contribution in [1.82, 2.24) is 5.32 Å². The lowest BCUT2D eigenvalue weighted by Gasteiger charge is -2.29. The second-order valence-corrected chi connectivity index (χ2v) is 10.2. The average Bonchev–Trinajstić information content (AvgIpc) is 3.43. The zero-order valence-electron chi connectivity index (χ0n) is 17.9. The van der Waals surface area contributed by atoms with E-state index in [4.69, 9.17) is 17.0 Å². The van der Waals surface area contributed by atoms with Crippen molar-refractivity contribution in [3.8, 4) is 11.1 Å². The average molecular weight is 443 g/mol. The van der Waals surface area contributed by atoms with E-state index in [1.165, 1.54) is 25.7 Å². The van der Waals surface area contributed by atoms with Crippen molar-refractivity contribution >= 4 is 39.6 Å². The van der Waals surface area contributed by atoms with Gasteiger partial charge in [-0.1, -0.05) is 36.8 Å². The number of hydrogen-bond donors (Lipinski definition) is 2. The lowest BCUT2D eigenvalue weighted by atomic mass is 9.84.